The van der Waals surface area contributed by atoms with Crippen molar-refractivity contribution in [3.8, 4) is 0 Å². The molecule has 0 unspecified atom stereocenters. The Kier molecular flexibility index (Phi) is 4.20. The van der Waals surface area contributed by atoms with Gasteiger partial charge >= 0.3 is 5.97 Å². The van der Waals surface area contributed by atoms with Crippen molar-refractivity contribution < 1.29 is 9.53 Å². The predicted octanol–water partition coefficient (Wildman–Crippen LogP) is 2.80. The Morgan fingerprint density at radius 2 is 2.11 bits per heavy atom. The normalized spacial score (nSPS) is 10.0. The fourth-order valence-electron chi connectivity index (χ4n) is 1.55. The lowest BCUT2D eigenvalue weighted by Crippen LogP contribution is -2.09. The molecule has 1 aromatic carbocycles. The number of benzene rings is 1. The highest BCUT2D eigenvalue weighted by atomic mass is 127. The average molecular weight is 369 g/mol. The van der Waals surface area contributed by atoms with Crippen LogP contribution in [-0.4, -0.2) is 18.1 Å². The molecule has 2 aromatic rings. The maximum atomic E-state index is 11.5. The molecule has 1 aromatic heterocycles. The average Bonchev–Trinajstić information content (AvgIpc) is 2.42. The number of nitrogen functional groups attached to an aromatic ring is 1. The summed E-state index contributed by atoms with van der Waals surface area (Å²) in [5.74, 6) is -0.0438. The molecular weight excluding hydrogens is 357 g/mol. The first-order valence-corrected chi connectivity index (χ1v) is 6.55. The van der Waals surface area contributed by atoms with Gasteiger partial charge in [-0.05, 0) is 40.8 Å². The number of para-hydroxylation sites is 1. The number of aromatic nitrogens is 1. The Bertz CT molecular complexity index is 617. The summed E-state index contributed by atoms with van der Waals surface area (Å²) in [6.45, 7) is 0. The van der Waals surface area contributed by atoms with Crippen molar-refractivity contribution in [2.45, 2.75) is 0 Å². The molecule has 0 aliphatic heterocycles. The number of rotatable bonds is 3. The third-order valence-corrected chi connectivity index (χ3v) is 3.46. The highest BCUT2D eigenvalue weighted by Crippen LogP contribution is 2.26. The maximum Gasteiger partial charge on any atom is 0.340 e. The van der Waals surface area contributed by atoms with E-state index < -0.39 is 5.97 Å². The largest absolute Gasteiger partial charge is 0.465 e. The number of nitrogens with two attached hydrogens (primary N) is 1. The van der Waals surface area contributed by atoms with E-state index in [0.717, 1.165) is 9.26 Å². The third-order valence-electron chi connectivity index (χ3n) is 2.52. The van der Waals surface area contributed by atoms with Crippen LogP contribution in [0.3, 0.4) is 0 Å². The zero-order valence-electron chi connectivity index (χ0n) is 10.2. The molecule has 19 heavy (non-hydrogen) atoms. The molecular formula is C13H12IN3O2. The van der Waals surface area contributed by atoms with Crippen molar-refractivity contribution in [2.75, 3.05) is 18.2 Å². The lowest BCUT2D eigenvalue weighted by molar-refractivity contribution is 0.0602. The minimum Gasteiger partial charge on any atom is -0.465 e. The van der Waals surface area contributed by atoms with E-state index in [2.05, 4.69) is 37.6 Å². The van der Waals surface area contributed by atoms with E-state index in [0.29, 0.717) is 11.4 Å². The van der Waals surface area contributed by atoms with Crippen molar-refractivity contribution >= 4 is 45.8 Å². The number of ether oxygens (including phenoxy) is 1. The smallest absolute Gasteiger partial charge is 0.340 e. The minimum absolute atomic E-state index is 0.272. The molecule has 0 fully saturated rings. The predicted molar refractivity (Wildman–Crippen MR) is 82.4 cm³/mol. The fraction of sp³-hybridized carbons (Fsp3) is 0.0769. The first-order chi connectivity index (χ1) is 9.13. The summed E-state index contributed by atoms with van der Waals surface area (Å²) in [6.07, 6.45) is 1.51. The van der Waals surface area contributed by atoms with Crippen molar-refractivity contribution in [3.63, 3.8) is 0 Å². The molecule has 0 amide bonds. The van der Waals surface area contributed by atoms with E-state index in [4.69, 9.17) is 5.73 Å². The summed E-state index contributed by atoms with van der Waals surface area (Å²) in [5.41, 5.74) is 7.38. The number of carbonyl (C=O) groups is 1. The van der Waals surface area contributed by atoms with E-state index in [1.54, 1.807) is 0 Å². The topological polar surface area (TPSA) is 77.2 Å². The SMILES string of the molecule is COC(=O)c1ccnc(Nc2ccccc2I)c1N. The molecule has 2 rings (SSSR count). The molecule has 0 aliphatic rings. The van der Waals surface area contributed by atoms with E-state index in [1.165, 1.54) is 19.4 Å². The molecule has 98 valence electrons. The van der Waals surface area contributed by atoms with Gasteiger partial charge in [-0.2, -0.15) is 0 Å². The summed E-state index contributed by atoms with van der Waals surface area (Å²) in [4.78, 5) is 15.7. The van der Waals surface area contributed by atoms with Crippen molar-refractivity contribution in [1.29, 1.82) is 0 Å². The maximum absolute atomic E-state index is 11.5. The van der Waals surface area contributed by atoms with Crippen LogP contribution in [0.4, 0.5) is 17.2 Å². The number of methoxy groups -OCH3 is 1. The Morgan fingerprint density at radius 3 is 2.79 bits per heavy atom. The van der Waals surface area contributed by atoms with Crippen LogP contribution in [0.15, 0.2) is 36.5 Å². The molecule has 5 nitrogen and oxygen atoms in total. The first kappa shape index (κ1) is 13.6. The number of nitrogens with one attached hydrogen (secondary N) is 1. The van der Waals surface area contributed by atoms with Gasteiger partial charge in [-0.25, -0.2) is 9.78 Å². The second-order valence-corrected chi connectivity index (χ2v) is 4.88. The zero-order valence-corrected chi connectivity index (χ0v) is 12.3. The second kappa shape index (κ2) is 5.87. The Morgan fingerprint density at radius 1 is 1.37 bits per heavy atom. The number of nitrogens with zero attached hydrogens (tertiary/aromatic N) is 1. The zero-order chi connectivity index (χ0) is 13.8. The van der Waals surface area contributed by atoms with Crippen molar-refractivity contribution in [2.24, 2.45) is 0 Å². The highest BCUT2D eigenvalue weighted by molar-refractivity contribution is 14.1. The van der Waals surface area contributed by atoms with Crippen LogP contribution in [0.1, 0.15) is 10.4 Å². The minimum atomic E-state index is -0.481. The molecule has 0 radical (unpaired) electrons. The van der Waals surface area contributed by atoms with Crippen LogP contribution >= 0.6 is 22.6 Å². The van der Waals surface area contributed by atoms with Crippen LogP contribution in [0, 0.1) is 3.57 Å². The van der Waals surface area contributed by atoms with E-state index in [-0.39, 0.29) is 5.69 Å². The van der Waals surface area contributed by atoms with Crippen LogP contribution in [0.25, 0.3) is 0 Å². The van der Waals surface area contributed by atoms with Gasteiger partial charge < -0.3 is 15.8 Å². The third kappa shape index (κ3) is 2.95. The number of carbonyl (C=O) groups excluding carboxylic acids is 1. The van der Waals surface area contributed by atoms with Crippen molar-refractivity contribution in [3.05, 3.63) is 45.7 Å². The molecule has 0 spiro atoms. The van der Waals surface area contributed by atoms with Gasteiger partial charge in [0.15, 0.2) is 5.82 Å². The summed E-state index contributed by atoms with van der Waals surface area (Å²) in [7, 11) is 1.31. The summed E-state index contributed by atoms with van der Waals surface area (Å²) in [6, 6.07) is 9.25. The lowest BCUT2D eigenvalue weighted by atomic mass is 10.2. The Balaban J connectivity index is 2.37. The summed E-state index contributed by atoms with van der Waals surface area (Å²) < 4.78 is 5.70. The molecule has 0 saturated carbocycles. The number of hydrogen-bond acceptors (Lipinski definition) is 5. The van der Waals surface area contributed by atoms with E-state index in [9.17, 15) is 4.79 Å². The van der Waals surface area contributed by atoms with Crippen LogP contribution in [0.2, 0.25) is 0 Å². The second-order valence-electron chi connectivity index (χ2n) is 3.72. The summed E-state index contributed by atoms with van der Waals surface area (Å²) in [5, 5.41) is 3.11. The fourth-order valence-corrected chi connectivity index (χ4v) is 2.07. The number of halogens is 1. The standard InChI is InChI=1S/C13H12IN3O2/c1-19-13(18)8-6-7-16-12(11(8)15)17-10-5-3-2-4-9(10)14/h2-7H,15H2,1H3,(H,16,17). The van der Waals surface area contributed by atoms with Gasteiger partial charge in [0.25, 0.3) is 0 Å². The molecule has 1 heterocycles. The first-order valence-electron chi connectivity index (χ1n) is 5.48. The number of hydrogen-bond donors (Lipinski definition) is 2. The van der Waals surface area contributed by atoms with Gasteiger partial charge in [0.2, 0.25) is 0 Å². The Hall–Kier alpha value is -1.83. The molecule has 0 saturated heterocycles. The number of esters is 1. The van der Waals surface area contributed by atoms with Crippen LogP contribution in [-0.2, 0) is 4.74 Å². The van der Waals surface area contributed by atoms with Crippen LogP contribution in [0.5, 0.6) is 0 Å². The van der Waals surface area contributed by atoms with Gasteiger partial charge in [-0.15, -0.1) is 0 Å². The number of anilines is 3. The van der Waals surface area contributed by atoms with Crippen molar-refractivity contribution in [1.82, 2.24) is 4.98 Å². The molecule has 0 atom stereocenters. The van der Waals surface area contributed by atoms with E-state index >= 15 is 0 Å². The molecule has 6 heteroatoms. The monoisotopic (exact) mass is 369 g/mol. The molecule has 3 N–H and O–H groups in total. The summed E-state index contributed by atoms with van der Waals surface area (Å²) >= 11 is 2.21. The Labute approximate surface area is 124 Å². The quantitative estimate of drug-likeness (QED) is 0.643. The molecule has 0 bridgehead atoms. The van der Waals surface area contributed by atoms with Gasteiger partial charge in [-0.1, -0.05) is 12.1 Å². The number of pyridine rings is 1. The molecule has 0 aliphatic carbocycles. The highest BCUT2D eigenvalue weighted by Gasteiger charge is 2.14. The lowest BCUT2D eigenvalue weighted by Gasteiger charge is -2.11. The van der Waals surface area contributed by atoms with Gasteiger partial charge in [-0.3, -0.25) is 0 Å². The van der Waals surface area contributed by atoms with Crippen LogP contribution < -0.4 is 11.1 Å². The van der Waals surface area contributed by atoms with Gasteiger partial charge in [0.05, 0.1) is 24.0 Å². The van der Waals surface area contributed by atoms with Gasteiger partial charge in [0.1, 0.15) is 0 Å². The van der Waals surface area contributed by atoms with E-state index in [1.807, 2.05) is 24.3 Å². The van der Waals surface area contributed by atoms with Gasteiger partial charge in [0, 0.05) is 9.77 Å².